The lowest BCUT2D eigenvalue weighted by Gasteiger charge is -2.28. The number of nitriles is 1. The number of carbonyl (C=O) groups is 1. The van der Waals surface area contributed by atoms with E-state index >= 15 is 0 Å². The van der Waals surface area contributed by atoms with E-state index in [1.54, 1.807) is 24.3 Å². The van der Waals surface area contributed by atoms with Gasteiger partial charge in [-0.05, 0) is 79.5 Å². The van der Waals surface area contributed by atoms with Gasteiger partial charge in [-0.3, -0.25) is 0 Å². The summed E-state index contributed by atoms with van der Waals surface area (Å²) in [4.78, 5) is 12.3. The predicted molar refractivity (Wildman–Crippen MR) is 102 cm³/mol. The van der Waals surface area contributed by atoms with E-state index in [0.717, 1.165) is 5.92 Å². The Bertz CT molecular complexity index is 763. The molecule has 1 aliphatic carbocycles. The fraction of sp³-hybridized carbons (Fsp3) is 0.391. The van der Waals surface area contributed by atoms with Crippen molar-refractivity contribution in [3.05, 3.63) is 65.2 Å². The normalized spacial score (nSPS) is 19.5. The zero-order chi connectivity index (χ0) is 18.4. The van der Waals surface area contributed by atoms with Gasteiger partial charge in [-0.1, -0.05) is 31.9 Å². The van der Waals surface area contributed by atoms with Gasteiger partial charge in [-0.15, -0.1) is 0 Å². The molecule has 0 radical (unpaired) electrons. The highest BCUT2D eigenvalue weighted by atomic mass is 16.5. The highest BCUT2D eigenvalue weighted by molar-refractivity contribution is 5.91. The smallest absolute Gasteiger partial charge is 0.343 e. The maximum Gasteiger partial charge on any atom is 0.343 e. The molecule has 0 amide bonds. The first kappa shape index (κ1) is 18.2. The van der Waals surface area contributed by atoms with Crippen LogP contribution in [0.1, 0.15) is 72.9 Å². The van der Waals surface area contributed by atoms with Crippen molar-refractivity contribution >= 4 is 5.97 Å². The van der Waals surface area contributed by atoms with Crippen molar-refractivity contribution in [2.24, 2.45) is 5.92 Å². The maximum atomic E-state index is 12.3. The molecule has 1 aliphatic rings. The van der Waals surface area contributed by atoms with E-state index in [0.29, 0.717) is 22.8 Å². The van der Waals surface area contributed by atoms with Gasteiger partial charge >= 0.3 is 5.97 Å². The summed E-state index contributed by atoms with van der Waals surface area (Å²) in [5.41, 5.74) is 2.43. The third kappa shape index (κ3) is 4.52. The summed E-state index contributed by atoms with van der Waals surface area (Å²) in [7, 11) is 0. The van der Waals surface area contributed by atoms with Crippen LogP contribution in [0.5, 0.6) is 5.75 Å². The van der Waals surface area contributed by atoms with Crippen LogP contribution in [0.2, 0.25) is 0 Å². The number of esters is 1. The van der Waals surface area contributed by atoms with Crippen LogP contribution in [-0.2, 0) is 0 Å². The van der Waals surface area contributed by atoms with Gasteiger partial charge in [0.2, 0.25) is 0 Å². The van der Waals surface area contributed by atoms with Crippen LogP contribution in [0.4, 0.5) is 0 Å². The van der Waals surface area contributed by atoms with Crippen molar-refractivity contribution in [2.75, 3.05) is 0 Å². The molecule has 0 heterocycles. The van der Waals surface area contributed by atoms with Gasteiger partial charge in [0.15, 0.2) is 0 Å². The number of benzene rings is 2. The Balaban J connectivity index is 1.58. The van der Waals surface area contributed by atoms with E-state index in [-0.39, 0.29) is 5.97 Å². The quantitative estimate of drug-likeness (QED) is 0.503. The van der Waals surface area contributed by atoms with Crippen molar-refractivity contribution < 1.29 is 9.53 Å². The Labute approximate surface area is 155 Å². The molecule has 0 spiro atoms. The Morgan fingerprint density at radius 3 is 2.27 bits per heavy atom. The standard InChI is InChI=1S/C23H25NO2/c1-2-3-17-4-8-19(9-5-17)20-10-12-21(13-11-20)23(25)26-22-14-6-18(16-24)7-15-22/h6-7,10-15,17,19H,2-5,8-9H2,1H3. The Morgan fingerprint density at radius 1 is 1.04 bits per heavy atom. The molecule has 0 N–H and O–H groups in total. The number of hydrogen-bond donors (Lipinski definition) is 0. The first-order chi connectivity index (χ1) is 12.7. The minimum absolute atomic E-state index is 0.368. The fourth-order valence-electron chi connectivity index (χ4n) is 3.85. The van der Waals surface area contributed by atoms with Gasteiger partial charge in [0, 0.05) is 0 Å². The zero-order valence-corrected chi connectivity index (χ0v) is 15.3. The molecule has 1 saturated carbocycles. The van der Waals surface area contributed by atoms with Crippen LogP contribution >= 0.6 is 0 Å². The molecule has 134 valence electrons. The van der Waals surface area contributed by atoms with E-state index < -0.39 is 0 Å². The second-order valence-electron chi connectivity index (χ2n) is 7.15. The molecular weight excluding hydrogens is 322 g/mol. The van der Waals surface area contributed by atoms with Gasteiger partial charge in [0.1, 0.15) is 5.75 Å². The van der Waals surface area contributed by atoms with Crippen LogP contribution < -0.4 is 4.74 Å². The molecule has 0 aromatic heterocycles. The fourth-order valence-corrected chi connectivity index (χ4v) is 3.85. The van der Waals surface area contributed by atoms with Crippen LogP contribution in [0.3, 0.4) is 0 Å². The van der Waals surface area contributed by atoms with Crippen molar-refractivity contribution in [2.45, 2.75) is 51.4 Å². The molecular formula is C23H25NO2. The van der Waals surface area contributed by atoms with E-state index in [9.17, 15) is 4.79 Å². The lowest BCUT2D eigenvalue weighted by molar-refractivity contribution is 0.0734. The van der Waals surface area contributed by atoms with Gasteiger partial charge < -0.3 is 4.74 Å². The number of rotatable bonds is 5. The summed E-state index contributed by atoms with van der Waals surface area (Å²) in [5.74, 6) is 1.60. The zero-order valence-electron chi connectivity index (χ0n) is 15.3. The monoisotopic (exact) mass is 347 g/mol. The summed E-state index contributed by atoms with van der Waals surface area (Å²) < 4.78 is 5.38. The first-order valence-corrected chi connectivity index (χ1v) is 9.52. The van der Waals surface area contributed by atoms with Crippen molar-refractivity contribution in [3.8, 4) is 11.8 Å². The minimum atomic E-state index is -0.368. The number of hydrogen-bond acceptors (Lipinski definition) is 3. The van der Waals surface area contributed by atoms with Crippen LogP contribution in [0.15, 0.2) is 48.5 Å². The lowest BCUT2D eigenvalue weighted by atomic mass is 9.77. The second kappa shape index (κ2) is 8.67. The topological polar surface area (TPSA) is 50.1 Å². The molecule has 2 aromatic carbocycles. The van der Waals surface area contributed by atoms with E-state index in [2.05, 4.69) is 19.1 Å². The van der Waals surface area contributed by atoms with Gasteiger partial charge in [-0.25, -0.2) is 4.79 Å². The predicted octanol–water partition coefficient (Wildman–Crippen LogP) is 5.85. The molecule has 0 unspecified atom stereocenters. The Hall–Kier alpha value is -2.60. The Kier molecular flexibility index (Phi) is 6.07. The molecule has 0 saturated heterocycles. The number of ether oxygens (including phenoxy) is 1. The first-order valence-electron chi connectivity index (χ1n) is 9.52. The molecule has 0 aliphatic heterocycles. The maximum absolute atomic E-state index is 12.3. The van der Waals surface area contributed by atoms with Crippen LogP contribution in [0.25, 0.3) is 0 Å². The van der Waals surface area contributed by atoms with Crippen LogP contribution in [0, 0.1) is 17.2 Å². The van der Waals surface area contributed by atoms with E-state index in [4.69, 9.17) is 10.00 Å². The molecule has 26 heavy (non-hydrogen) atoms. The Morgan fingerprint density at radius 2 is 1.69 bits per heavy atom. The third-order valence-corrected chi connectivity index (χ3v) is 5.36. The molecule has 1 fully saturated rings. The van der Waals surface area contributed by atoms with Gasteiger partial charge in [0.25, 0.3) is 0 Å². The van der Waals surface area contributed by atoms with Crippen molar-refractivity contribution in [3.63, 3.8) is 0 Å². The number of carbonyl (C=O) groups excluding carboxylic acids is 1. The molecule has 2 aromatic rings. The minimum Gasteiger partial charge on any atom is -0.423 e. The van der Waals surface area contributed by atoms with E-state index in [1.165, 1.54) is 44.1 Å². The largest absolute Gasteiger partial charge is 0.423 e. The van der Waals surface area contributed by atoms with Crippen LogP contribution in [-0.4, -0.2) is 5.97 Å². The molecule has 0 bridgehead atoms. The molecule has 0 atom stereocenters. The summed E-state index contributed by atoms with van der Waals surface area (Å²) in [6.07, 6.45) is 7.78. The number of nitrogens with zero attached hydrogens (tertiary/aromatic N) is 1. The lowest BCUT2D eigenvalue weighted by Crippen LogP contribution is -2.13. The highest BCUT2D eigenvalue weighted by Gasteiger charge is 2.22. The average molecular weight is 347 g/mol. The van der Waals surface area contributed by atoms with E-state index in [1.807, 2.05) is 18.2 Å². The highest BCUT2D eigenvalue weighted by Crippen LogP contribution is 2.37. The van der Waals surface area contributed by atoms with Gasteiger partial charge in [-0.2, -0.15) is 5.26 Å². The van der Waals surface area contributed by atoms with Crippen molar-refractivity contribution in [1.29, 1.82) is 5.26 Å². The summed E-state index contributed by atoms with van der Waals surface area (Å²) in [5, 5.41) is 8.81. The van der Waals surface area contributed by atoms with Gasteiger partial charge in [0.05, 0.1) is 17.2 Å². The average Bonchev–Trinajstić information content (AvgIpc) is 2.69. The molecule has 3 heteroatoms. The second-order valence-corrected chi connectivity index (χ2v) is 7.15. The summed E-state index contributed by atoms with van der Waals surface area (Å²) >= 11 is 0. The molecule has 3 nitrogen and oxygen atoms in total. The third-order valence-electron chi connectivity index (χ3n) is 5.36. The summed E-state index contributed by atoms with van der Waals surface area (Å²) in [6.45, 7) is 2.27. The van der Waals surface area contributed by atoms with Crippen molar-refractivity contribution in [1.82, 2.24) is 0 Å². The summed E-state index contributed by atoms with van der Waals surface area (Å²) in [6, 6.07) is 16.5. The molecule has 3 rings (SSSR count). The SMILES string of the molecule is CCCC1CCC(c2ccc(C(=O)Oc3ccc(C#N)cc3)cc2)CC1.